The Morgan fingerprint density at radius 2 is 0.682 bits per heavy atom. The zero-order chi connectivity index (χ0) is 44.9. The van der Waals surface area contributed by atoms with Crippen LogP contribution in [-0.2, 0) is 58.7 Å². The number of fused-ring (bicyclic) bond motifs is 8. The molecule has 1 aliphatic rings. The maximum Gasteiger partial charge on any atom is 0.126 e. The van der Waals surface area contributed by atoms with E-state index in [9.17, 15) is 0 Å². The van der Waals surface area contributed by atoms with E-state index in [1.54, 1.807) is 0 Å². The summed E-state index contributed by atoms with van der Waals surface area (Å²) in [6.07, 6.45) is 4.24. The predicted octanol–water partition coefficient (Wildman–Crippen LogP) is 13.7. The van der Waals surface area contributed by atoms with Gasteiger partial charge >= 0.3 is 0 Å². The second-order valence-electron chi connectivity index (χ2n) is 16.8. The smallest absolute Gasteiger partial charge is 0.126 e. The Kier molecular flexibility index (Phi) is 14.7. The Labute approximate surface area is 397 Å². The van der Waals surface area contributed by atoms with Gasteiger partial charge in [0.1, 0.15) is 49.4 Å². The van der Waals surface area contributed by atoms with Crippen LogP contribution in [0.1, 0.15) is 72.3 Å². The molecule has 0 unspecified atom stereocenters. The molecule has 1 aliphatic carbocycles. The van der Waals surface area contributed by atoms with E-state index in [1.165, 1.54) is 0 Å². The van der Waals surface area contributed by atoms with Crippen LogP contribution >= 0.6 is 15.9 Å². The minimum atomic E-state index is 0.424. The highest BCUT2D eigenvalue weighted by Gasteiger charge is 2.24. The Hall–Kier alpha value is -6.86. The van der Waals surface area contributed by atoms with Crippen LogP contribution in [0.4, 0.5) is 0 Å². The lowest BCUT2D eigenvalue weighted by Crippen LogP contribution is -2.14. The summed E-state index contributed by atoms with van der Waals surface area (Å²) in [5.41, 5.74) is 14.2. The number of para-hydroxylation sites is 2. The van der Waals surface area contributed by atoms with E-state index in [0.29, 0.717) is 65.2 Å². The zero-order valence-corrected chi connectivity index (χ0v) is 38.8. The fourth-order valence-electron chi connectivity index (χ4n) is 8.80. The van der Waals surface area contributed by atoms with Crippen molar-refractivity contribution in [2.75, 3.05) is 6.54 Å². The van der Waals surface area contributed by atoms with Crippen LogP contribution in [-0.4, -0.2) is 6.54 Å². The highest BCUT2D eigenvalue weighted by molar-refractivity contribution is 9.10. The van der Waals surface area contributed by atoms with Gasteiger partial charge in [-0.15, -0.1) is 6.58 Å². The Bertz CT molecular complexity index is 2870. The molecule has 66 heavy (non-hydrogen) atoms. The van der Waals surface area contributed by atoms with Crippen molar-refractivity contribution in [3.8, 4) is 23.0 Å². The van der Waals surface area contributed by atoms with Crippen molar-refractivity contribution >= 4 is 15.9 Å². The molecule has 1 N–H and O–H groups in total. The maximum atomic E-state index is 7.06. The molecule has 8 bridgehead atoms. The van der Waals surface area contributed by atoms with Crippen molar-refractivity contribution in [2.24, 2.45) is 0 Å². The molecule has 330 valence electrons. The highest BCUT2D eigenvalue weighted by atomic mass is 79.9. The molecule has 8 aromatic rings. The summed E-state index contributed by atoms with van der Waals surface area (Å²) in [5.74, 6) is 3.49. The van der Waals surface area contributed by atoms with Crippen molar-refractivity contribution in [3.05, 3.63) is 271 Å². The lowest BCUT2D eigenvalue weighted by Gasteiger charge is -2.24. The van der Waals surface area contributed by atoms with Gasteiger partial charge in [-0.1, -0.05) is 192 Å². The van der Waals surface area contributed by atoms with Gasteiger partial charge < -0.3 is 24.3 Å². The highest BCUT2D eigenvalue weighted by Crippen LogP contribution is 2.41. The predicted molar refractivity (Wildman–Crippen MR) is 270 cm³/mol. The monoisotopic (exact) mass is 931 g/mol. The standard InChI is InChI=1S/C60H54BrNO4/c1-2-29-62-38-47-30-52-33-50-27-15-25-48(57(50)63-39-43-17-7-3-8-18-43)32-49-26-16-28-51(58(49)64-40-44-19-9-4-10-20-44)34-54-36-56(61)37-55(60(54)66-42-46-23-13-6-14-24-46)35-53(31-47)59(52)65-41-45-21-11-5-12-22-45/h2-28,30-31,36-37,62H,1,29,32-35,38-42H2. The van der Waals surface area contributed by atoms with Crippen molar-refractivity contribution in [1.29, 1.82) is 0 Å². The number of rotatable bonds is 16. The number of ether oxygens (including phenoxy) is 4. The average molecular weight is 933 g/mol. The molecule has 5 nitrogen and oxygen atoms in total. The van der Waals surface area contributed by atoms with Crippen molar-refractivity contribution in [1.82, 2.24) is 5.32 Å². The first-order chi connectivity index (χ1) is 32.6. The van der Waals surface area contributed by atoms with Gasteiger partial charge in [-0.25, -0.2) is 0 Å². The van der Waals surface area contributed by atoms with Crippen LogP contribution < -0.4 is 24.3 Å². The molecule has 0 aromatic heterocycles. The summed E-state index contributed by atoms with van der Waals surface area (Å²) in [6.45, 7) is 7.06. The van der Waals surface area contributed by atoms with E-state index >= 15 is 0 Å². The summed E-state index contributed by atoms with van der Waals surface area (Å²) >= 11 is 3.96. The third-order valence-corrected chi connectivity index (χ3v) is 12.4. The molecular weight excluding hydrogens is 879 g/mol. The Balaban J connectivity index is 1.25. The SMILES string of the molecule is C=CCNCc1cc2c(OCc3ccccc3)c(c1)Cc1cc(Br)cc(c1OCc1ccccc1)Cc1cccc(c1OCc1ccccc1)Cc1cccc(c1OCc1ccccc1)C2. The van der Waals surface area contributed by atoms with Gasteiger partial charge in [0.05, 0.1) is 0 Å². The van der Waals surface area contributed by atoms with Crippen LogP contribution in [0.2, 0.25) is 0 Å². The van der Waals surface area contributed by atoms with E-state index < -0.39 is 0 Å². The molecule has 0 radical (unpaired) electrons. The molecule has 0 saturated carbocycles. The molecule has 0 atom stereocenters. The summed E-state index contributed by atoms with van der Waals surface area (Å²) in [5, 5.41) is 3.57. The quantitative estimate of drug-likeness (QED) is 0.0773. The molecular formula is C60H54BrNO4. The second kappa shape index (κ2) is 21.9. The number of hydrogen-bond acceptors (Lipinski definition) is 5. The fraction of sp³-hybridized carbons (Fsp3) is 0.167. The van der Waals surface area contributed by atoms with Crippen LogP contribution in [0.5, 0.6) is 23.0 Å². The second-order valence-corrected chi connectivity index (χ2v) is 17.7. The molecule has 0 heterocycles. The van der Waals surface area contributed by atoms with Gasteiger partial charge in [0.25, 0.3) is 0 Å². The van der Waals surface area contributed by atoms with Crippen LogP contribution in [0, 0.1) is 0 Å². The van der Waals surface area contributed by atoms with Gasteiger partial charge in [-0.05, 0) is 73.3 Å². The summed E-state index contributed by atoms with van der Waals surface area (Å²) in [4.78, 5) is 0. The number of nitrogens with one attached hydrogen (secondary N) is 1. The van der Waals surface area contributed by atoms with E-state index in [0.717, 1.165) is 99.8 Å². The third kappa shape index (κ3) is 11.3. The third-order valence-electron chi connectivity index (χ3n) is 11.9. The van der Waals surface area contributed by atoms with Gasteiger partial charge in [0.2, 0.25) is 0 Å². The van der Waals surface area contributed by atoms with E-state index in [1.807, 2.05) is 30.3 Å². The average Bonchev–Trinajstić information content (AvgIpc) is 3.34. The first-order valence-corrected chi connectivity index (χ1v) is 23.5. The summed E-state index contributed by atoms with van der Waals surface area (Å²) in [6, 6.07) is 63.7. The Morgan fingerprint density at radius 3 is 1.03 bits per heavy atom. The van der Waals surface area contributed by atoms with Crippen molar-refractivity contribution < 1.29 is 18.9 Å². The fourth-order valence-corrected chi connectivity index (χ4v) is 9.35. The van der Waals surface area contributed by atoms with Gasteiger partial charge in [-0.3, -0.25) is 0 Å². The van der Waals surface area contributed by atoms with Gasteiger partial charge in [-0.2, -0.15) is 0 Å². The minimum Gasteiger partial charge on any atom is -0.488 e. The Morgan fingerprint density at radius 1 is 0.379 bits per heavy atom. The summed E-state index contributed by atoms with van der Waals surface area (Å²) in [7, 11) is 0. The number of benzene rings is 8. The van der Waals surface area contributed by atoms with Crippen molar-refractivity contribution in [2.45, 2.75) is 58.7 Å². The molecule has 0 saturated heterocycles. The first kappa shape index (κ1) is 44.3. The van der Waals surface area contributed by atoms with Crippen molar-refractivity contribution in [3.63, 3.8) is 0 Å². The molecule has 8 aromatic carbocycles. The minimum absolute atomic E-state index is 0.424. The lowest BCUT2D eigenvalue weighted by molar-refractivity contribution is 0.293. The topological polar surface area (TPSA) is 49.0 Å². The molecule has 6 heteroatoms. The van der Waals surface area contributed by atoms with Crippen LogP contribution in [0.15, 0.2) is 199 Å². The molecule has 0 aliphatic heterocycles. The van der Waals surface area contributed by atoms with Gasteiger partial charge in [0, 0.05) is 54.4 Å². The molecule has 9 rings (SSSR count). The molecule has 0 fully saturated rings. The summed E-state index contributed by atoms with van der Waals surface area (Å²) < 4.78 is 29.0. The van der Waals surface area contributed by atoms with Gasteiger partial charge in [0.15, 0.2) is 0 Å². The van der Waals surface area contributed by atoms with E-state index in [2.05, 4.69) is 186 Å². The number of hydrogen-bond donors (Lipinski definition) is 1. The maximum absolute atomic E-state index is 7.06. The molecule has 0 amide bonds. The van der Waals surface area contributed by atoms with Crippen LogP contribution in [0.25, 0.3) is 0 Å². The zero-order valence-electron chi connectivity index (χ0n) is 37.2. The first-order valence-electron chi connectivity index (χ1n) is 22.7. The lowest BCUT2D eigenvalue weighted by atomic mass is 9.90. The normalized spacial score (nSPS) is 12.0. The molecule has 0 spiro atoms. The largest absolute Gasteiger partial charge is 0.488 e. The van der Waals surface area contributed by atoms with Crippen LogP contribution in [0.3, 0.4) is 0 Å². The number of halogens is 1. The van der Waals surface area contributed by atoms with E-state index in [4.69, 9.17) is 18.9 Å². The van der Waals surface area contributed by atoms with E-state index in [-0.39, 0.29) is 0 Å².